The van der Waals surface area contributed by atoms with Gasteiger partial charge in [-0.25, -0.2) is 24.0 Å². The van der Waals surface area contributed by atoms with Crippen molar-refractivity contribution in [1.29, 1.82) is 0 Å². The van der Waals surface area contributed by atoms with E-state index in [0.29, 0.717) is 49.1 Å². The highest BCUT2D eigenvalue weighted by Gasteiger charge is 2.19. The van der Waals surface area contributed by atoms with Crippen molar-refractivity contribution < 1.29 is 66.9 Å². The molecule has 0 bridgehead atoms. The van der Waals surface area contributed by atoms with Crippen LogP contribution in [-0.4, -0.2) is 82.9 Å². The molecule has 348 valence electrons. The van der Waals surface area contributed by atoms with Gasteiger partial charge in [0.25, 0.3) is 0 Å². The molecule has 0 fully saturated rings. The van der Waals surface area contributed by atoms with Gasteiger partial charge in [0.1, 0.15) is 35.0 Å². The largest absolute Gasteiger partial charge is 0.494 e. The lowest BCUT2D eigenvalue weighted by Gasteiger charge is -2.10. The standard InChI is InChI=1S/C50H54N2O14/c1-5-46(53)62-29-13-9-7-11-27-60-40-21-15-36(16-22-40)35-64-66-45-26-18-38(32-43(45)50(57)59-4)34-52-51-33-37-17-25-44(42(31-37)49(56)58-3)65-48(55)39-19-23-41(24-20-39)61-28-12-8-10-14-30-63-47(54)6-2/h5-6,15-26,31-34H,1-2,7-14,27-30,35H2,3-4H3/b51-33+,52-34+. The van der Waals surface area contributed by atoms with Gasteiger partial charge in [0.05, 0.1) is 58.6 Å². The summed E-state index contributed by atoms with van der Waals surface area (Å²) in [5.74, 6) is -1.51. The molecule has 0 aliphatic rings. The molecule has 4 rings (SSSR count). The van der Waals surface area contributed by atoms with Crippen LogP contribution in [0.2, 0.25) is 0 Å². The lowest BCUT2D eigenvalue weighted by atomic mass is 10.1. The number of carbonyl (C=O) groups is 5. The smallest absolute Gasteiger partial charge is 0.343 e. The number of ether oxygens (including phenoxy) is 7. The Labute approximate surface area is 383 Å². The normalized spacial score (nSPS) is 10.8. The van der Waals surface area contributed by atoms with Crippen LogP contribution in [0.25, 0.3) is 0 Å². The Hall–Kier alpha value is -7.59. The van der Waals surface area contributed by atoms with Crippen LogP contribution in [0.3, 0.4) is 0 Å². The minimum atomic E-state index is -0.732. The summed E-state index contributed by atoms with van der Waals surface area (Å²) in [4.78, 5) is 71.4. The van der Waals surface area contributed by atoms with Crippen molar-refractivity contribution in [3.8, 4) is 23.0 Å². The van der Waals surface area contributed by atoms with Gasteiger partial charge in [-0.05, 0) is 141 Å². The molecule has 0 heterocycles. The number of rotatable bonds is 29. The van der Waals surface area contributed by atoms with Crippen molar-refractivity contribution in [2.24, 2.45) is 10.2 Å². The Balaban J connectivity index is 1.24. The molecule has 0 N–H and O–H groups in total. The quantitative estimate of drug-likeness (QED) is 0.00733. The fourth-order valence-electron chi connectivity index (χ4n) is 5.80. The number of carbonyl (C=O) groups excluding carboxylic acids is 5. The average Bonchev–Trinajstić information content (AvgIpc) is 3.34. The summed E-state index contributed by atoms with van der Waals surface area (Å²) in [5.41, 5.74) is 2.09. The van der Waals surface area contributed by atoms with Gasteiger partial charge in [0, 0.05) is 12.2 Å². The number of benzene rings is 4. The molecule has 0 spiro atoms. The van der Waals surface area contributed by atoms with Crippen molar-refractivity contribution in [2.45, 2.75) is 58.0 Å². The second-order valence-electron chi connectivity index (χ2n) is 14.2. The van der Waals surface area contributed by atoms with Crippen molar-refractivity contribution in [1.82, 2.24) is 0 Å². The Morgan fingerprint density at radius 3 is 1.47 bits per heavy atom. The predicted octanol–water partition coefficient (Wildman–Crippen LogP) is 8.78. The third-order valence-electron chi connectivity index (χ3n) is 9.33. The van der Waals surface area contributed by atoms with Crippen molar-refractivity contribution in [2.75, 3.05) is 40.6 Å². The zero-order chi connectivity index (χ0) is 47.4. The Morgan fingerprint density at radius 2 is 0.985 bits per heavy atom. The first-order valence-corrected chi connectivity index (χ1v) is 21.2. The predicted molar refractivity (Wildman–Crippen MR) is 244 cm³/mol. The van der Waals surface area contributed by atoms with Gasteiger partial charge in [-0.1, -0.05) is 25.3 Å². The minimum Gasteiger partial charge on any atom is -0.494 e. The molecule has 0 aromatic heterocycles. The van der Waals surface area contributed by atoms with E-state index in [1.165, 1.54) is 50.9 Å². The molecule has 0 amide bonds. The van der Waals surface area contributed by atoms with Gasteiger partial charge in [-0.2, -0.15) is 15.1 Å². The minimum absolute atomic E-state index is 0.00857. The van der Waals surface area contributed by atoms with Crippen LogP contribution in [0.1, 0.15) is 99.1 Å². The van der Waals surface area contributed by atoms with E-state index in [0.717, 1.165) is 69.1 Å². The zero-order valence-corrected chi connectivity index (χ0v) is 37.1. The lowest BCUT2D eigenvalue weighted by molar-refractivity contribution is -0.217. The summed E-state index contributed by atoms with van der Waals surface area (Å²) in [7, 11) is 2.46. The summed E-state index contributed by atoms with van der Waals surface area (Å²) in [6, 6.07) is 22.9. The highest BCUT2D eigenvalue weighted by atomic mass is 17.2. The molecule has 0 aliphatic heterocycles. The van der Waals surface area contributed by atoms with Crippen molar-refractivity contribution in [3.63, 3.8) is 0 Å². The van der Waals surface area contributed by atoms with Crippen LogP contribution in [0.5, 0.6) is 23.0 Å². The van der Waals surface area contributed by atoms with Gasteiger partial charge in [-0.3, -0.25) is 0 Å². The maximum absolute atomic E-state index is 13.0. The number of methoxy groups -OCH3 is 2. The molecule has 0 unspecified atom stereocenters. The van der Waals surface area contributed by atoms with Gasteiger partial charge in [-0.15, -0.1) is 0 Å². The molecule has 66 heavy (non-hydrogen) atoms. The van der Waals surface area contributed by atoms with E-state index in [-0.39, 0.29) is 34.8 Å². The fraction of sp³-hybridized carbons (Fsp3) is 0.300. The first-order valence-electron chi connectivity index (χ1n) is 21.2. The molecule has 16 heteroatoms. The number of hydrogen-bond acceptors (Lipinski definition) is 16. The van der Waals surface area contributed by atoms with E-state index in [2.05, 4.69) is 23.4 Å². The number of unbranched alkanes of at least 4 members (excludes halogenated alkanes) is 6. The van der Waals surface area contributed by atoms with Crippen LogP contribution < -0.4 is 19.1 Å². The molecule has 16 nitrogen and oxygen atoms in total. The molecular weight excluding hydrogens is 853 g/mol. The van der Waals surface area contributed by atoms with Gasteiger partial charge >= 0.3 is 29.8 Å². The first kappa shape index (κ1) is 51.0. The number of hydrogen-bond donors (Lipinski definition) is 0. The second kappa shape index (κ2) is 29.0. The van der Waals surface area contributed by atoms with Gasteiger partial charge < -0.3 is 38.0 Å². The topological polar surface area (TPSA) is 193 Å². The first-order chi connectivity index (χ1) is 32.1. The Bertz CT molecular complexity index is 2290. The third kappa shape index (κ3) is 18.3. The Morgan fingerprint density at radius 1 is 0.530 bits per heavy atom. The molecule has 0 atom stereocenters. The summed E-state index contributed by atoms with van der Waals surface area (Å²) in [5, 5.41) is 8.14. The average molecular weight is 907 g/mol. The third-order valence-corrected chi connectivity index (χ3v) is 9.33. The Kier molecular flexibility index (Phi) is 22.4. The van der Waals surface area contributed by atoms with E-state index >= 15 is 0 Å². The van der Waals surface area contributed by atoms with Gasteiger partial charge in [0.2, 0.25) is 0 Å². The SMILES string of the molecule is C=CC(=O)OCCCCCCOc1ccc(COOc2ccc(/C=N/N=C/c3ccc(OC(=O)c4ccc(OCCCCCCOC(=O)C=C)cc4)c(C(=O)OC)c3)cc2C(=O)OC)cc1. The number of esters is 5. The highest BCUT2D eigenvalue weighted by Crippen LogP contribution is 2.24. The summed E-state index contributed by atoms with van der Waals surface area (Å²) in [6.07, 6.45) is 12.0. The van der Waals surface area contributed by atoms with E-state index in [1.807, 2.05) is 24.3 Å². The lowest BCUT2D eigenvalue weighted by Crippen LogP contribution is -2.12. The second-order valence-corrected chi connectivity index (χ2v) is 14.2. The highest BCUT2D eigenvalue weighted by molar-refractivity contribution is 5.98. The van der Waals surface area contributed by atoms with Crippen LogP contribution in [-0.2, 0) is 40.0 Å². The van der Waals surface area contributed by atoms with Crippen molar-refractivity contribution >= 4 is 42.3 Å². The molecule has 4 aromatic rings. The molecule has 0 aliphatic carbocycles. The van der Waals surface area contributed by atoms with Crippen LogP contribution in [0.4, 0.5) is 0 Å². The van der Waals surface area contributed by atoms with Crippen LogP contribution in [0.15, 0.2) is 120 Å². The van der Waals surface area contributed by atoms with Gasteiger partial charge in [0.15, 0.2) is 5.75 Å². The zero-order valence-electron chi connectivity index (χ0n) is 37.1. The fourth-order valence-corrected chi connectivity index (χ4v) is 5.80. The molecule has 0 saturated carbocycles. The summed E-state index contributed by atoms with van der Waals surface area (Å²) >= 11 is 0. The summed E-state index contributed by atoms with van der Waals surface area (Å²) < 4.78 is 36.9. The van der Waals surface area contributed by atoms with Crippen LogP contribution >= 0.6 is 0 Å². The van der Waals surface area contributed by atoms with Crippen LogP contribution in [0, 0.1) is 0 Å². The monoisotopic (exact) mass is 906 g/mol. The summed E-state index contributed by atoms with van der Waals surface area (Å²) in [6.45, 7) is 8.60. The maximum Gasteiger partial charge on any atom is 0.343 e. The maximum atomic E-state index is 13.0. The van der Waals surface area contributed by atoms with E-state index in [9.17, 15) is 24.0 Å². The molecule has 0 saturated heterocycles. The van der Waals surface area contributed by atoms with E-state index in [4.69, 9.17) is 42.9 Å². The van der Waals surface area contributed by atoms with Crippen molar-refractivity contribution in [3.05, 3.63) is 144 Å². The molecule has 0 radical (unpaired) electrons. The van der Waals surface area contributed by atoms with E-state index in [1.54, 1.807) is 36.4 Å². The molecular formula is C50H54N2O14. The number of nitrogens with zero attached hydrogens (tertiary/aromatic N) is 2. The molecule has 4 aromatic carbocycles. The van der Waals surface area contributed by atoms with E-state index < -0.39 is 29.8 Å².